The number of rotatable bonds is 6. The number of halogens is 3. The summed E-state index contributed by atoms with van der Waals surface area (Å²) in [6, 6.07) is 6.85. The van der Waals surface area contributed by atoms with Crippen molar-refractivity contribution >= 4 is 0 Å². The standard InChI is InChI=1S/C17H17F3N4O2/c1-11(14-6-7-25-22-14)24(2)10-16-21-15(23-26-16)9-12-4-3-5-13(8-12)17(18,19)20/h3-8,11H,9-10H2,1-2H3. The molecule has 0 aliphatic rings. The molecule has 0 saturated carbocycles. The van der Waals surface area contributed by atoms with E-state index in [9.17, 15) is 13.2 Å². The summed E-state index contributed by atoms with van der Waals surface area (Å²) in [7, 11) is 1.87. The van der Waals surface area contributed by atoms with Crippen LogP contribution in [-0.2, 0) is 19.1 Å². The fourth-order valence-electron chi connectivity index (χ4n) is 2.48. The third-order valence-corrected chi connectivity index (χ3v) is 4.06. The molecular formula is C17H17F3N4O2. The quantitative estimate of drug-likeness (QED) is 0.660. The minimum atomic E-state index is -4.38. The second-order valence-corrected chi connectivity index (χ2v) is 5.99. The molecule has 1 aromatic carbocycles. The van der Waals surface area contributed by atoms with Gasteiger partial charge in [-0.05, 0) is 25.6 Å². The molecule has 0 N–H and O–H groups in total. The second kappa shape index (κ2) is 7.28. The van der Waals surface area contributed by atoms with Crippen molar-refractivity contribution in [2.75, 3.05) is 7.05 Å². The van der Waals surface area contributed by atoms with Gasteiger partial charge in [-0.25, -0.2) is 0 Å². The summed E-state index contributed by atoms with van der Waals surface area (Å²) in [4.78, 5) is 6.20. The van der Waals surface area contributed by atoms with Gasteiger partial charge in [0, 0.05) is 12.5 Å². The van der Waals surface area contributed by atoms with Crippen LogP contribution in [-0.4, -0.2) is 27.2 Å². The number of benzene rings is 1. The molecule has 1 unspecified atom stereocenters. The first-order chi connectivity index (χ1) is 12.3. The third kappa shape index (κ3) is 4.29. The zero-order chi connectivity index (χ0) is 18.7. The van der Waals surface area contributed by atoms with E-state index in [-0.39, 0.29) is 12.5 Å². The maximum Gasteiger partial charge on any atom is 0.416 e. The Morgan fingerprint density at radius 1 is 1.19 bits per heavy atom. The zero-order valence-corrected chi connectivity index (χ0v) is 14.2. The Morgan fingerprint density at radius 3 is 2.69 bits per heavy atom. The van der Waals surface area contributed by atoms with Crippen molar-refractivity contribution in [2.24, 2.45) is 0 Å². The monoisotopic (exact) mass is 366 g/mol. The first kappa shape index (κ1) is 18.1. The van der Waals surface area contributed by atoms with Crippen LogP contribution in [0, 0.1) is 0 Å². The van der Waals surface area contributed by atoms with Crippen molar-refractivity contribution in [1.82, 2.24) is 20.2 Å². The summed E-state index contributed by atoms with van der Waals surface area (Å²) in [5.74, 6) is 0.714. The predicted molar refractivity (Wildman–Crippen MR) is 84.9 cm³/mol. The molecule has 2 aromatic heterocycles. The molecule has 0 aliphatic carbocycles. The fourth-order valence-corrected chi connectivity index (χ4v) is 2.48. The zero-order valence-electron chi connectivity index (χ0n) is 14.2. The Kier molecular flexibility index (Phi) is 5.08. The summed E-state index contributed by atoms with van der Waals surface area (Å²) in [5.41, 5.74) is 0.549. The predicted octanol–water partition coefficient (Wildman–Crippen LogP) is 3.86. The Hall–Kier alpha value is -2.68. The van der Waals surface area contributed by atoms with Crippen LogP contribution in [0.25, 0.3) is 0 Å². The molecule has 0 aliphatic heterocycles. The number of alkyl halides is 3. The highest BCUT2D eigenvalue weighted by atomic mass is 19.4. The molecule has 0 spiro atoms. The lowest BCUT2D eigenvalue weighted by atomic mass is 10.1. The molecule has 0 saturated heterocycles. The van der Waals surface area contributed by atoms with Gasteiger partial charge in [0.25, 0.3) is 0 Å². The lowest BCUT2D eigenvalue weighted by molar-refractivity contribution is -0.137. The van der Waals surface area contributed by atoms with E-state index in [1.165, 1.54) is 12.3 Å². The van der Waals surface area contributed by atoms with Crippen LogP contribution >= 0.6 is 0 Å². The van der Waals surface area contributed by atoms with E-state index >= 15 is 0 Å². The van der Waals surface area contributed by atoms with Gasteiger partial charge in [-0.1, -0.05) is 28.5 Å². The molecule has 0 radical (unpaired) electrons. The van der Waals surface area contributed by atoms with Gasteiger partial charge >= 0.3 is 6.18 Å². The van der Waals surface area contributed by atoms with Gasteiger partial charge in [-0.3, -0.25) is 4.90 Å². The minimum Gasteiger partial charge on any atom is -0.364 e. The van der Waals surface area contributed by atoms with Crippen molar-refractivity contribution in [2.45, 2.75) is 32.1 Å². The molecule has 138 valence electrons. The number of aromatic nitrogens is 3. The van der Waals surface area contributed by atoms with E-state index in [2.05, 4.69) is 15.3 Å². The smallest absolute Gasteiger partial charge is 0.364 e. The highest BCUT2D eigenvalue weighted by Gasteiger charge is 2.30. The molecule has 0 amide bonds. The maximum absolute atomic E-state index is 12.8. The van der Waals surface area contributed by atoms with Gasteiger partial charge in [0.05, 0.1) is 18.2 Å². The van der Waals surface area contributed by atoms with Crippen LogP contribution in [0.2, 0.25) is 0 Å². The number of hydrogen-bond acceptors (Lipinski definition) is 6. The fraction of sp³-hybridized carbons (Fsp3) is 0.353. The van der Waals surface area contributed by atoms with Gasteiger partial charge in [-0.2, -0.15) is 18.2 Å². The lowest BCUT2D eigenvalue weighted by Gasteiger charge is -2.20. The SMILES string of the molecule is CC(c1ccon1)N(C)Cc1nc(Cc2cccc(C(F)(F)F)c2)no1. The lowest BCUT2D eigenvalue weighted by Crippen LogP contribution is -2.22. The largest absolute Gasteiger partial charge is 0.416 e. The van der Waals surface area contributed by atoms with E-state index in [4.69, 9.17) is 9.05 Å². The molecular weight excluding hydrogens is 349 g/mol. The van der Waals surface area contributed by atoms with Gasteiger partial charge < -0.3 is 9.05 Å². The average molecular weight is 366 g/mol. The summed E-state index contributed by atoms with van der Waals surface area (Å²) in [5, 5.41) is 7.74. The average Bonchev–Trinajstić information content (AvgIpc) is 3.26. The first-order valence-electron chi connectivity index (χ1n) is 7.91. The van der Waals surface area contributed by atoms with E-state index in [1.54, 1.807) is 12.1 Å². The Bertz CT molecular complexity index is 846. The van der Waals surface area contributed by atoms with Crippen molar-refractivity contribution in [1.29, 1.82) is 0 Å². The molecule has 0 bridgehead atoms. The topological polar surface area (TPSA) is 68.2 Å². The number of nitrogens with zero attached hydrogens (tertiary/aromatic N) is 4. The van der Waals surface area contributed by atoms with Crippen molar-refractivity contribution in [3.05, 3.63) is 65.1 Å². The molecule has 26 heavy (non-hydrogen) atoms. The second-order valence-electron chi connectivity index (χ2n) is 5.99. The molecule has 3 aromatic rings. The summed E-state index contributed by atoms with van der Waals surface area (Å²) >= 11 is 0. The third-order valence-electron chi connectivity index (χ3n) is 4.06. The van der Waals surface area contributed by atoms with Gasteiger partial charge in [0.1, 0.15) is 12.0 Å². The van der Waals surface area contributed by atoms with E-state index in [0.717, 1.165) is 17.8 Å². The highest BCUT2D eigenvalue weighted by molar-refractivity contribution is 5.27. The molecule has 1 atom stereocenters. The molecule has 9 heteroatoms. The Balaban J connectivity index is 1.65. The van der Waals surface area contributed by atoms with Crippen LogP contribution in [0.3, 0.4) is 0 Å². The van der Waals surface area contributed by atoms with E-state index in [0.29, 0.717) is 23.8 Å². The Labute approximate surface area is 147 Å². The van der Waals surface area contributed by atoms with Gasteiger partial charge in [0.2, 0.25) is 5.89 Å². The van der Waals surface area contributed by atoms with E-state index in [1.807, 2.05) is 18.9 Å². The molecule has 0 fully saturated rings. The van der Waals surface area contributed by atoms with Crippen LogP contribution in [0.1, 0.15) is 41.5 Å². The minimum absolute atomic E-state index is 0.0208. The van der Waals surface area contributed by atoms with Crippen molar-refractivity contribution < 1.29 is 22.2 Å². The van der Waals surface area contributed by atoms with Crippen molar-refractivity contribution in [3.63, 3.8) is 0 Å². The molecule has 3 rings (SSSR count). The highest BCUT2D eigenvalue weighted by Crippen LogP contribution is 2.29. The molecule has 6 nitrogen and oxygen atoms in total. The summed E-state index contributed by atoms with van der Waals surface area (Å²) in [6.07, 6.45) is -2.71. The van der Waals surface area contributed by atoms with Gasteiger partial charge in [0.15, 0.2) is 5.82 Å². The van der Waals surface area contributed by atoms with Gasteiger partial charge in [-0.15, -0.1) is 0 Å². The summed E-state index contributed by atoms with van der Waals surface area (Å²) in [6.45, 7) is 2.33. The van der Waals surface area contributed by atoms with E-state index < -0.39 is 11.7 Å². The molecule has 2 heterocycles. The van der Waals surface area contributed by atoms with Crippen LogP contribution in [0.4, 0.5) is 13.2 Å². The van der Waals surface area contributed by atoms with Crippen molar-refractivity contribution in [3.8, 4) is 0 Å². The van der Waals surface area contributed by atoms with Crippen LogP contribution < -0.4 is 0 Å². The maximum atomic E-state index is 12.8. The first-order valence-corrected chi connectivity index (χ1v) is 7.91. The Morgan fingerprint density at radius 2 is 2.00 bits per heavy atom. The normalized spacial score (nSPS) is 13.3. The van der Waals surface area contributed by atoms with Crippen LogP contribution in [0.15, 0.2) is 45.6 Å². The summed E-state index contributed by atoms with van der Waals surface area (Å²) < 4.78 is 48.4. The van der Waals surface area contributed by atoms with Crippen LogP contribution in [0.5, 0.6) is 0 Å². The number of hydrogen-bond donors (Lipinski definition) is 0.